The molecule has 2 aromatic rings. The lowest BCUT2D eigenvalue weighted by Crippen LogP contribution is -2.41. The summed E-state index contributed by atoms with van der Waals surface area (Å²) in [5.74, 6) is -1.60. The van der Waals surface area contributed by atoms with Crippen molar-refractivity contribution in [3.63, 3.8) is 0 Å². The number of carboxylic acids is 1. The van der Waals surface area contributed by atoms with Crippen LogP contribution in [0.1, 0.15) is 28.9 Å². The molecular weight excluding hydrogens is 408 g/mol. The summed E-state index contributed by atoms with van der Waals surface area (Å²) in [4.78, 5) is 28.8. The third kappa shape index (κ3) is 5.06. The smallest absolute Gasteiger partial charge is 0.355 e. The SMILES string of the molecule is O=C(O)c1csc(SCCN2C(=O)CC[C@@H]2CNCc2c(F)cccc2F)n1. The Balaban J connectivity index is 1.48. The standard InChI is InChI=1S/C18H19F2N3O3S2/c19-13-2-1-3-14(20)12(13)9-21-8-11-4-5-16(24)23(11)6-7-27-18-22-15(10-28-18)17(25)26/h1-3,10-11,21H,4-9H2,(H,25,26)/t11-/m1/s1. The zero-order valence-corrected chi connectivity index (χ0v) is 16.5. The molecule has 0 saturated carbocycles. The summed E-state index contributed by atoms with van der Waals surface area (Å²) >= 11 is 2.67. The van der Waals surface area contributed by atoms with Crippen molar-refractivity contribution in [2.45, 2.75) is 29.8 Å². The van der Waals surface area contributed by atoms with Gasteiger partial charge in [-0.25, -0.2) is 18.6 Å². The number of hydrogen-bond donors (Lipinski definition) is 2. The third-order valence-corrected chi connectivity index (χ3v) is 6.46. The highest BCUT2D eigenvalue weighted by atomic mass is 32.2. The van der Waals surface area contributed by atoms with Gasteiger partial charge in [-0.15, -0.1) is 11.3 Å². The van der Waals surface area contributed by atoms with Crippen LogP contribution in [-0.2, 0) is 11.3 Å². The number of nitrogens with one attached hydrogen (secondary N) is 1. The molecule has 0 spiro atoms. The van der Waals surface area contributed by atoms with Gasteiger partial charge in [-0.3, -0.25) is 4.79 Å². The van der Waals surface area contributed by atoms with Gasteiger partial charge in [-0.2, -0.15) is 0 Å². The molecular formula is C18H19F2N3O3S2. The van der Waals surface area contributed by atoms with Crippen LogP contribution in [0.4, 0.5) is 8.78 Å². The second-order valence-electron chi connectivity index (χ2n) is 6.26. The number of thiazole rings is 1. The van der Waals surface area contributed by atoms with Crippen molar-refractivity contribution in [2.24, 2.45) is 0 Å². The van der Waals surface area contributed by atoms with E-state index in [0.717, 1.165) is 0 Å². The second-order valence-corrected chi connectivity index (χ2v) is 8.46. The molecule has 150 valence electrons. The molecule has 0 aliphatic carbocycles. The van der Waals surface area contributed by atoms with Crippen molar-refractivity contribution in [1.29, 1.82) is 0 Å². The van der Waals surface area contributed by atoms with Crippen molar-refractivity contribution in [3.05, 3.63) is 46.5 Å². The molecule has 1 aromatic heterocycles. The van der Waals surface area contributed by atoms with Crippen LogP contribution in [0.15, 0.2) is 27.9 Å². The number of halogens is 2. The lowest BCUT2D eigenvalue weighted by atomic mass is 10.1. The van der Waals surface area contributed by atoms with Gasteiger partial charge in [-0.05, 0) is 18.6 Å². The van der Waals surface area contributed by atoms with E-state index in [1.165, 1.54) is 46.7 Å². The quantitative estimate of drug-likeness (QED) is 0.599. The van der Waals surface area contributed by atoms with E-state index in [1.807, 2.05) is 0 Å². The number of thioether (sulfide) groups is 1. The molecule has 2 N–H and O–H groups in total. The van der Waals surface area contributed by atoms with E-state index in [0.29, 0.717) is 36.0 Å². The third-order valence-electron chi connectivity index (χ3n) is 4.46. The number of rotatable bonds is 9. The molecule has 1 atom stereocenters. The van der Waals surface area contributed by atoms with E-state index in [1.54, 1.807) is 4.90 Å². The summed E-state index contributed by atoms with van der Waals surface area (Å²) in [7, 11) is 0. The number of carbonyl (C=O) groups excluding carboxylic acids is 1. The molecule has 28 heavy (non-hydrogen) atoms. The van der Waals surface area contributed by atoms with E-state index in [-0.39, 0.29) is 29.8 Å². The minimum absolute atomic E-state index is 0.00747. The minimum Gasteiger partial charge on any atom is -0.476 e. The van der Waals surface area contributed by atoms with Gasteiger partial charge in [0.15, 0.2) is 10.0 Å². The maximum absolute atomic E-state index is 13.7. The van der Waals surface area contributed by atoms with E-state index in [2.05, 4.69) is 10.3 Å². The number of likely N-dealkylation sites (tertiary alicyclic amines) is 1. The first-order chi connectivity index (χ1) is 13.5. The lowest BCUT2D eigenvalue weighted by Gasteiger charge is -2.25. The number of hydrogen-bond acceptors (Lipinski definition) is 6. The normalized spacial score (nSPS) is 16.7. The Bertz CT molecular complexity index is 842. The predicted octanol–water partition coefficient (Wildman–Crippen LogP) is 2.99. The molecule has 1 aliphatic heterocycles. The fourth-order valence-electron chi connectivity index (χ4n) is 3.03. The van der Waals surface area contributed by atoms with E-state index in [4.69, 9.17) is 5.11 Å². The molecule has 1 saturated heterocycles. The monoisotopic (exact) mass is 427 g/mol. The molecule has 1 amide bonds. The van der Waals surface area contributed by atoms with Crippen LogP contribution in [0.2, 0.25) is 0 Å². The number of benzene rings is 1. The molecule has 0 radical (unpaired) electrons. The summed E-state index contributed by atoms with van der Waals surface area (Å²) < 4.78 is 28.0. The Morgan fingerprint density at radius 1 is 1.39 bits per heavy atom. The molecule has 1 aromatic carbocycles. The first kappa shape index (κ1) is 20.7. The molecule has 10 heteroatoms. The summed E-state index contributed by atoms with van der Waals surface area (Å²) in [6, 6.07) is 3.73. The van der Waals surface area contributed by atoms with Gasteiger partial charge in [0.05, 0.1) is 0 Å². The van der Waals surface area contributed by atoms with Gasteiger partial charge in [0.1, 0.15) is 11.6 Å². The Morgan fingerprint density at radius 2 is 2.14 bits per heavy atom. The molecule has 1 fully saturated rings. The van der Waals surface area contributed by atoms with Crippen molar-refractivity contribution >= 4 is 35.0 Å². The molecule has 0 unspecified atom stereocenters. The average Bonchev–Trinajstić information content (AvgIpc) is 3.26. The number of nitrogens with zero attached hydrogens (tertiary/aromatic N) is 2. The molecule has 1 aliphatic rings. The van der Waals surface area contributed by atoms with Gasteiger partial charge in [0, 0.05) is 48.8 Å². The topological polar surface area (TPSA) is 82.5 Å². The van der Waals surface area contributed by atoms with Crippen molar-refractivity contribution < 1.29 is 23.5 Å². The summed E-state index contributed by atoms with van der Waals surface area (Å²) in [5, 5.41) is 13.4. The number of aromatic carboxylic acids is 1. The summed E-state index contributed by atoms with van der Waals surface area (Å²) in [5.41, 5.74) is 0.0131. The largest absolute Gasteiger partial charge is 0.476 e. The molecule has 2 heterocycles. The minimum atomic E-state index is -1.06. The fourth-order valence-corrected chi connectivity index (χ4v) is 4.84. The van der Waals surface area contributed by atoms with Crippen LogP contribution < -0.4 is 5.32 Å². The summed E-state index contributed by atoms with van der Waals surface area (Å²) in [6.07, 6.45) is 1.14. The van der Waals surface area contributed by atoms with Gasteiger partial charge in [-0.1, -0.05) is 17.8 Å². The summed E-state index contributed by atoms with van der Waals surface area (Å²) in [6.45, 7) is 1.01. The first-order valence-corrected chi connectivity index (χ1v) is 10.6. The number of carbonyl (C=O) groups is 2. The number of aromatic nitrogens is 1. The average molecular weight is 427 g/mol. The second kappa shape index (κ2) is 9.44. The Kier molecular flexibility index (Phi) is 6.97. The molecule has 0 bridgehead atoms. The van der Waals surface area contributed by atoms with E-state index >= 15 is 0 Å². The maximum Gasteiger partial charge on any atom is 0.355 e. The Morgan fingerprint density at radius 3 is 2.82 bits per heavy atom. The maximum atomic E-state index is 13.7. The van der Waals surface area contributed by atoms with Gasteiger partial charge < -0.3 is 15.3 Å². The van der Waals surface area contributed by atoms with Crippen LogP contribution in [0.5, 0.6) is 0 Å². The molecule has 3 rings (SSSR count). The highest BCUT2D eigenvalue weighted by Crippen LogP contribution is 2.25. The zero-order chi connectivity index (χ0) is 20.1. The number of carboxylic acid groups (broad SMARTS) is 1. The Hall–Kier alpha value is -2.04. The fraction of sp³-hybridized carbons (Fsp3) is 0.389. The lowest BCUT2D eigenvalue weighted by molar-refractivity contribution is -0.128. The first-order valence-electron chi connectivity index (χ1n) is 8.70. The molecule has 6 nitrogen and oxygen atoms in total. The highest BCUT2D eigenvalue weighted by Gasteiger charge is 2.30. The van der Waals surface area contributed by atoms with Crippen molar-refractivity contribution in [2.75, 3.05) is 18.8 Å². The van der Waals surface area contributed by atoms with Crippen LogP contribution in [-0.4, -0.2) is 51.8 Å². The van der Waals surface area contributed by atoms with Crippen molar-refractivity contribution in [1.82, 2.24) is 15.2 Å². The van der Waals surface area contributed by atoms with Crippen LogP contribution >= 0.6 is 23.1 Å². The number of amides is 1. The van der Waals surface area contributed by atoms with Gasteiger partial charge in [0.25, 0.3) is 0 Å². The van der Waals surface area contributed by atoms with E-state index < -0.39 is 17.6 Å². The highest BCUT2D eigenvalue weighted by molar-refractivity contribution is 8.01. The van der Waals surface area contributed by atoms with E-state index in [9.17, 15) is 18.4 Å². The van der Waals surface area contributed by atoms with Gasteiger partial charge in [0.2, 0.25) is 5.91 Å². The van der Waals surface area contributed by atoms with Crippen LogP contribution in [0.3, 0.4) is 0 Å². The van der Waals surface area contributed by atoms with Gasteiger partial charge >= 0.3 is 5.97 Å². The van der Waals surface area contributed by atoms with Crippen LogP contribution in [0.25, 0.3) is 0 Å². The predicted molar refractivity (Wildman–Crippen MR) is 103 cm³/mol. The zero-order valence-electron chi connectivity index (χ0n) is 14.9. The Labute approximate surface area is 169 Å². The van der Waals surface area contributed by atoms with Crippen LogP contribution in [0, 0.1) is 11.6 Å². The van der Waals surface area contributed by atoms with Crippen molar-refractivity contribution in [3.8, 4) is 0 Å².